The number of aryl methyl sites for hydroxylation is 1. The van der Waals surface area contributed by atoms with Gasteiger partial charge in [-0.1, -0.05) is 49.2 Å². The summed E-state index contributed by atoms with van der Waals surface area (Å²) in [5.41, 5.74) is 3.06. The van der Waals surface area contributed by atoms with Crippen molar-refractivity contribution < 1.29 is 4.79 Å². The molecule has 1 amide bonds. The van der Waals surface area contributed by atoms with Crippen LogP contribution in [0.4, 0.5) is 0 Å². The molecule has 0 spiro atoms. The summed E-state index contributed by atoms with van der Waals surface area (Å²) in [5, 5.41) is 3.68. The highest BCUT2D eigenvalue weighted by atomic mass is 35.5. The predicted molar refractivity (Wildman–Crippen MR) is 87.9 cm³/mol. The molecule has 0 radical (unpaired) electrons. The van der Waals surface area contributed by atoms with Crippen LogP contribution in [0, 0.1) is 0 Å². The maximum atomic E-state index is 12.1. The molecule has 0 aromatic heterocycles. The van der Waals surface area contributed by atoms with Gasteiger partial charge >= 0.3 is 0 Å². The van der Waals surface area contributed by atoms with Gasteiger partial charge in [0.15, 0.2) is 0 Å². The number of hydrogen-bond acceptors (Lipinski definition) is 1. The van der Waals surface area contributed by atoms with E-state index in [0.29, 0.717) is 6.54 Å². The third kappa shape index (κ3) is 4.91. The molecular formula is C18H20ClNO. The van der Waals surface area contributed by atoms with Crippen molar-refractivity contribution in [2.75, 3.05) is 6.54 Å². The van der Waals surface area contributed by atoms with E-state index in [1.807, 2.05) is 42.5 Å². The molecular weight excluding hydrogens is 282 g/mol. The van der Waals surface area contributed by atoms with Crippen molar-refractivity contribution in [1.29, 1.82) is 0 Å². The molecule has 2 aromatic rings. The average molecular weight is 302 g/mol. The van der Waals surface area contributed by atoms with Crippen LogP contribution in [0.25, 0.3) is 0 Å². The van der Waals surface area contributed by atoms with Gasteiger partial charge in [0.1, 0.15) is 0 Å². The van der Waals surface area contributed by atoms with Crippen LogP contribution in [0.1, 0.15) is 34.8 Å². The molecule has 2 rings (SSSR count). The van der Waals surface area contributed by atoms with Gasteiger partial charge in [-0.15, -0.1) is 0 Å². The van der Waals surface area contributed by atoms with Crippen LogP contribution in [0.5, 0.6) is 0 Å². The zero-order valence-electron chi connectivity index (χ0n) is 12.2. The second-order valence-corrected chi connectivity index (χ2v) is 5.52. The van der Waals surface area contributed by atoms with Crippen molar-refractivity contribution in [3.05, 3.63) is 70.2 Å². The predicted octanol–water partition coefficient (Wildman–Crippen LogP) is 4.27. The summed E-state index contributed by atoms with van der Waals surface area (Å²) in [6, 6.07) is 15.5. The molecule has 1 N–H and O–H groups in total. The van der Waals surface area contributed by atoms with Gasteiger partial charge in [-0.3, -0.25) is 4.79 Å². The fourth-order valence-electron chi connectivity index (χ4n) is 2.27. The molecule has 110 valence electrons. The van der Waals surface area contributed by atoms with Gasteiger partial charge in [-0.05, 0) is 48.2 Å². The Kier molecular flexibility index (Phi) is 5.82. The topological polar surface area (TPSA) is 29.1 Å². The zero-order chi connectivity index (χ0) is 15.1. The van der Waals surface area contributed by atoms with Crippen molar-refractivity contribution in [2.24, 2.45) is 0 Å². The summed E-state index contributed by atoms with van der Waals surface area (Å²) >= 11 is 5.94. The number of hydrogen-bond donors (Lipinski definition) is 1. The minimum absolute atomic E-state index is 0.0185. The first-order chi connectivity index (χ1) is 10.2. The monoisotopic (exact) mass is 301 g/mol. The van der Waals surface area contributed by atoms with E-state index < -0.39 is 0 Å². The lowest BCUT2D eigenvalue weighted by atomic mass is 10.1. The third-order valence-electron chi connectivity index (χ3n) is 3.32. The van der Waals surface area contributed by atoms with Crippen LogP contribution in [-0.2, 0) is 12.8 Å². The molecule has 0 aliphatic heterocycles. The molecule has 2 aromatic carbocycles. The maximum absolute atomic E-state index is 12.1. The van der Waals surface area contributed by atoms with Crippen LogP contribution in [0.2, 0.25) is 5.02 Å². The second kappa shape index (κ2) is 7.84. The van der Waals surface area contributed by atoms with Crippen LogP contribution in [-0.4, -0.2) is 12.5 Å². The minimum Gasteiger partial charge on any atom is -0.352 e. The molecule has 0 heterocycles. The first-order valence-corrected chi connectivity index (χ1v) is 7.68. The van der Waals surface area contributed by atoms with Gasteiger partial charge in [0.2, 0.25) is 0 Å². The highest BCUT2D eigenvalue weighted by molar-refractivity contribution is 6.30. The van der Waals surface area contributed by atoms with E-state index >= 15 is 0 Å². The highest BCUT2D eigenvalue weighted by Crippen LogP contribution is 2.11. The minimum atomic E-state index is -0.0185. The average Bonchev–Trinajstić information content (AvgIpc) is 2.48. The Morgan fingerprint density at radius 2 is 1.76 bits per heavy atom. The molecule has 3 heteroatoms. The van der Waals surface area contributed by atoms with Crippen molar-refractivity contribution in [2.45, 2.75) is 26.2 Å². The van der Waals surface area contributed by atoms with Crippen LogP contribution in [0.15, 0.2) is 48.5 Å². The molecule has 0 aliphatic carbocycles. The normalized spacial score (nSPS) is 10.4. The molecule has 0 fully saturated rings. The molecule has 0 unspecified atom stereocenters. The number of halogens is 1. The van der Waals surface area contributed by atoms with E-state index in [1.165, 1.54) is 5.56 Å². The lowest BCUT2D eigenvalue weighted by Crippen LogP contribution is -2.25. The summed E-state index contributed by atoms with van der Waals surface area (Å²) in [5.74, 6) is -0.0185. The van der Waals surface area contributed by atoms with Crippen molar-refractivity contribution >= 4 is 17.5 Å². The lowest BCUT2D eigenvalue weighted by Gasteiger charge is -2.07. The van der Waals surface area contributed by atoms with E-state index in [4.69, 9.17) is 11.6 Å². The first-order valence-electron chi connectivity index (χ1n) is 7.30. The maximum Gasteiger partial charge on any atom is 0.251 e. The van der Waals surface area contributed by atoms with Gasteiger partial charge in [0.05, 0.1) is 0 Å². The third-order valence-corrected chi connectivity index (χ3v) is 3.55. The van der Waals surface area contributed by atoms with E-state index in [-0.39, 0.29) is 5.91 Å². The summed E-state index contributed by atoms with van der Waals surface area (Å²) < 4.78 is 0. The molecule has 21 heavy (non-hydrogen) atoms. The Hall–Kier alpha value is -1.80. The fourth-order valence-corrected chi connectivity index (χ4v) is 2.48. The molecule has 0 saturated heterocycles. The number of amides is 1. The number of benzene rings is 2. The SMILES string of the molecule is CCCc1cccc(C(=O)NCCc2cccc(Cl)c2)c1. The standard InChI is InChI=1S/C18H20ClNO/c1-2-5-14-6-3-8-16(12-14)18(21)20-11-10-15-7-4-9-17(19)13-15/h3-4,6-9,12-13H,2,5,10-11H2,1H3,(H,20,21). The Morgan fingerprint density at radius 3 is 2.48 bits per heavy atom. The van der Waals surface area contributed by atoms with Crippen molar-refractivity contribution in [3.8, 4) is 0 Å². The van der Waals surface area contributed by atoms with E-state index in [0.717, 1.165) is 35.4 Å². The fraction of sp³-hybridized carbons (Fsp3) is 0.278. The molecule has 0 atom stereocenters. The van der Waals surface area contributed by atoms with Gasteiger partial charge in [0, 0.05) is 17.1 Å². The Balaban J connectivity index is 1.88. The summed E-state index contributed by atoms with van der Waals surface area (Å²) in [6.07, 6.45) is 2.87. The zero-order valence-corrected chi connectivity index (χ0v) is 13.0. The number of carbonyl (C=O) groups excluding carboxylic acids is 1. The van der Waals surface area contributed by atoms with Gasteiger partial charge in [-0.2, -0.15) is 0 Å². The van der Waals surface area contributed by atoms with E-state index in [1.54, 1.807) is 0 Å². The summed E-state index contributed by atoms with van der Waals surface area (Å²) in [6.45, 7) is 2.74. The highest BCUT2D eigenvalue weighted by Gasteiger charge is 2.05. The summed E-state index contributed by atoms with van der Waals surface area (Å²) in [7, 11) is 0. The van der Waals surface area contributed by atoms with E-state index in [9.17, 15) is 4.79 Å². The smallest absolute Gasteiger partial charge is 0.251 e. The van der Waals surface area contributed by atoms with E-state index in [2.05, 4.69) is 18.3 Å². The lowest BCUT2D eigenvalue weighted by molar-refractivity contribution is 0.0954. The van der Waals surface area contributed by atoms with Gasteiger partial charge in [-0.25, -0.2) is 0 Å². The van der Waals surface area contributed by atoms with Crippen molar-refractivity contribution in [1.82, 2.24) is 5.32 Å². The molecule has 0 saturated carbocycles. The Labute approximate surface area is 131 Å². The first kappa shape index (κ1) is 15.6. The Bertz CT molecular complexity index is 610. The molecule has 2 nitrogen and oxygen atoms in total. The number of carbonyl (C=O) groups is 1. The van der Waals surface area contributed by atoms with Crippen LogP contribution >= 0.6 is 11.6 Å². The van der Waals surface area contributed by atoms with Crippen LogP contribution < -0.4 is 5.32 Å². The number of nitrogens with one attached hydrogen (secondary N) is 1. The van der Waals surface area contributed by atoms with Crippen LogP contribution in [0.3, 0.4) is 0 Å². The van der Waals surface area contributed by atoms with Gasteiger partial charge < -0.3 is 5.32 Å². The quantitative estimate of drug-likeness (QED) is 0.848. The molecule has 0 aliphatic rings. The number of rotatable bonds is 6. The molecule has 0 bridgehead atoms. The van der Waals surface area contributed by atoms with Crippen molar-refractivity contribution in [3.63, 3.8) is 0 Å². The second-order valence-electron chi connectivity index (χ2n) is 5.09. The van der Waals surface area contributed by atoms with Gasteiger partial charge in [0.25, 0.3) is 5.91 Å². The largest absolute Gasteiger partial charge is 0.352 e. The summed E-state index contributed by atoms with van der Waals surface area (Å²) in [4.78, 5) is 12.1. The Morgan fingerprint density at radius 1 is 1.05 bits per heavy atom.